The van der Waals surface area contributed by atoms with E-state index in [-0.39, 0.29) is 23.0 Å². The van der Waals surface area contributed by atoms with Crippen molar-refractivity contribution in [1.82, 2.24) is 14.5 Å². The summed E-state index contributed by atoms with van der Waals surface area (Å²) in [6.45, 7) is 3.09. The number of fused-ring (bicyclic) bond motifs is 1. The minimum absolute atomic E-state index is 0.0768. The molecule has 1 N–H and O–H groups in total. The molecule has 0 aliphatic heterocycles. The van der Waals surface area contributed by atoms with Crippen molar-refractivity contribution in [2.75, 3.05) is 0 Å². The Morgan fingerprint density at radius 2 is 1.77 bits per heavy atom. The van der Waals surface area contributed by atoms with Crippen LogP contribution in [0.2, 0.25) is 0 Å². The number of aromatic nitrogens is 2. The van der Waals surface area contributed by atoms with Crippen molar-refractivity contribution in [1.29, 1.82) is 0 Å². The summed E-state index contributed by atoms with van der Waals surface area (Å²) in [7, 11) is 0. The van der Waals surface area contributed by atoms with E-state index in [2.05, 4.69) is 5.32 Å². The molecule has 0 saturated heterocycles. The number of rotatable bonds is 10. The van der Waals surface area contributed by atoms with Crippen LogP contribution in [0.25, 0.3) is 10.2 Å². The number of amides is 1. The highest BCUT2D eigenvalue weighted by atomic mass is 32.1. The Balaban J connectivity index is 1.35. The number of carbonyl (C=O) groups is 1. The maximum absolute atomic E-state index is 13.2. The zero-order chi connectivity index (χ0) is 24.8. The fourth-order valence-electron chi connectivity index (χ4n) is 4.10. The van der Waals surface area contributed by atoms with E-state index in [1.807, 2.05) is 42.6 Å². The molecule has 0 atom stereocenters. The Kier molecular flexibility index (Phi) is 7.92. The molecule has 8 heteroatoms. The van der Waals surface area contributed by atoms with Crippen LogP contribution in [0.15, 0.2) is 69.6 Å². The van der Waals surface area contributed by atoms with Gasteiger partial charge >= 0.3 is 5.69 Å². The Labute approximate surface area is 206 Å². The average Bonchev–Trinajstić information content (AvgIpc) is 3.33. The van der Waals surface area contributed by atoms with Crippen LogP contribution >= 0.6 is 11.3 Å². The normalized spacial score (nSPS) is 11.1. The fourth-order valence-corrected chi connectivity index (χ4v) is 4.94. The number of thiophene rings is 1. The van der Waals surface area contributed by atoms with E-state index in [1.165, 1.54) is 28.0 Å². The van der Waals surface area contributed by atoms with Gasteiger partial charge in [0.1, 0.15) is 10.5 Å². The number of aryl methyl sites for hydroxylation is 1. The molecular weight excluding hydrogens is 465 g/mol. The van der Waals surface area contributed by atoms with Crippen LogP contribution < -0.4 is 16.6 Å². The second-order valence-electron chi connectivity index (χ2n) is 8.66. The highest BCUT2D eigenvalue weighted by Gasteiger charge is 2.14. The van der Waals surface area contributed by atoms with Crippen LogP contribution in [0, 0.1) is 12.7 Å². The van der Waals surface area contributed by atoms with Crippen molar-refractivity contribution >= 4 is 27.5 Å². The average molecular weight is 494 g/mol. The summed E-state index contributed by atoms with van der Waals surface area (Å²) >= 11 is 1.35. The summed E-state index contributed by atoms with van der Waals surface area (Å²) < 4.78 is 16.5. The SMILES string of the molecule is Cc1cccc(Cn2c(=O)n(CCCCCC(=O)NCc3ccc(F)cc3)c(=O)c3sccc32)c1. The van der Waals surface area contributed by atoms with Crippen LogP contribution in [-0.4, -0.2) is 15.0 Å². The second-order valence-corrected chi connectivity index (χ2v) is 9.58. The Hall–Kier alpha value is -3.52. The zero-order valence-electron chi connectivity index (χ0n) is 19.6. The monoisotopic (exact) mass is 493 g/mol. The topological polar surface area (TPSA) is 73.1 Å². The lowest BCUT2D eigenvalue weighted by Crippen LogP contribution is -2.39. The lowest BCUT2D eigenvalue weighted by Gasteiger charge is -2.13. The van der Waals surface area contributed by atoms with Gasteiger partial charge in [0.25, 0.3) is 5.56 Å². The minimum atomic E-state index is -0.306. The quantitative estimate of drug-likeness (QED) is 0.328. The first kappa shape index (κ1) is 24.6. The van der Waals surface area contributed by atoms with Crippen molar-refractivity contribution < 1.29 is 9.18 Å². The van der Waals surface area contributed by atoms with Gasteiger partial charge in [0.2, 0.25) is 5.91 Å². The number of hydrogen-bond donors (Lipinski definition) is 1. The molecule has 0 unspecified atom stereocenters. The number of nitrogens with one attached hydrogen (secondary N) is 1. The standard InChI is InChI=1S/C27H28FN3O3S/c1-19-6-5-7-21(16-19)18-31-23-13-15-35-25(23)26(33)30(27(31)34)14-4-2-3-8-24(32)29-17-20-9-11-22(28)12-10-20/h5-7,9-13,15-16H,2-4,8,14,17-18H2,1H3,(H,29,32). The molecule has 4 aromatic rings. The van der Waals surface area contributed by atoms with Gasteiger partial charge in [-0.3, -0.25) is 18.7 Å². The number of hydrogen-bond acceptors (Lipinski definition) is 4. The van der Waals surface area contributed by atoms with E-state index in [4.69, 9.17) is 0 Å². The molecule has 4 rings (SSSR count). The number of halogens is 1. The fraction of sp³-hybridized carbons (Fsp3) is 0.296. The van der Waals surface area contributed by atoms with E-state index in [0.717, 1.165) is 23.1 Å². The molecule has 2 heterocycles. The molecule has 0 saturated carbocycles. The summed E-state index contributed by atoms with van der Waals surface area (Å²) in [4.78, 5) is 38.3. The summed E-state index contributed by atoms with van der Waals surface area (Å²) in [6, 6.07) is 15.8. The molecular formula is C27H28FN3O3S. The van der Waals surface area contributed by atoms with E-state index in [1.54, 1.807) is 16.7 Å². The largest absolute Gasteiger partial charge is 0.352 e. The molecule has 6 nitrogen and oxygen atoms in total. The van der Waals surface area contributed by atoms with Crippen LogP contribution in [-0.2, 0) is 24.4 Å². The minimum Gasteiger partial charge on any atom is -0.352 e. The van der Waals surface area contributed by atoms with Crippen LogP contribution in [0.4, 0.5) is 4.39 Å². The van der Waals surface area contributed by atoms with Gasteiger partial charge in [-0.1, -0.05) is 48.4 Å². The predicted octanol–water partition coefficient (Wildman–Crippen LogP) is 4.60. The van der Waals surface area contributed by atoms with Crippen molar-refractivity contribution in [2.24, 2.45) is 0 Å². The van der Waals surface area contributed by atoms with Gasteiger partial charge in [-0.15, -0.1) is 11.3 Å². The molecule has 182 valence electrons. The van der Waals surface area contributed by atoms with Gasteiger partial charge in [0.05, 0.1) is 12.1 Å². The third-order valence-electron chi connectivity index (χ3n) is 5.95. The molecule has 0 spiro atoms. The molecule has 0 radical (unpaired) electrons. The second kappa shape index (κ2) is 11.3. The van der Waals surface area contributed by atoms with Crippen molar-refractivity contribution in [3.63, 3.8) is 0 Å². The maximum Gasteiger partial charge on any atom is 0.331 e. The van der Waals surface area contributed by atoms with Crippen molar-refractivity contribution in [2.45, 2.75) is 52.2 Å². The molecule has 0 fully saturated rings. The molecule has 0 aliphatic rings. The molecule has 0 aliphatic carbocycles. The zero-order valence-corrected chi connectivity index (χ0v) is 20.4. The highest BCUT2D eigenvalue weighted by molar-refractivity contribution is 7.17. The molecule has 2 aromatic heterocycles. The van der Waals surface area contributed by atoms with Gasteiger partial charge < -0.3 is 5.32 Å². The summed E-state index contributed by atoms with van der Waals surface area (Å²) in [6.07, 6.45) is 2.36. The van der Waals surface area contributed by atoms with E-state index < -0.39 is 0 Å². The van der Waals surface area contributed by atoms with Crippen LogP contribution in [0.3, 0.4) is 0 Å². The van der Waals surface area contributed by atoms with Gasteiger partial charge in [0, 0.05) is 19.5 Å². The van der Waals surface area contributed by atoms with Gasteiger partial charge in [-0.05, 0) is 54.5 Å². The van der Waals surface area contributed by atoms with Crippen molar-refractivity contribution in [3.8, 4) is 0 Å². The Bertz CT molecular complexity index is 1440. The first-order valence-electron chi connectivity index (χ1n) is 11.7. The lowest BCUT2D eigenvalue weighted by atomic mass is 10.1. The molecule has 1 amide bonds. The summed E-state index contributed by atoms with van der Waals surface area (Å²) in [5, 5.41) is 4.67. The molecule has 2 aromatic carbocycles. The smallest absolute Gasteiger partial charge is 0.331 e. The highest BCUT2D eigenvalue weighted by Crippen LogP contribution is 2.17. The van der Waals surface area contributed by atoms with Crippen molar-refractivity contribution in [3.05, 3.63) is 103 Å². The van der Waals surface area contributed by atoms with E-state index in [9.17, 15) is 18.8 Å². The third-order valence-corrected chi connectivity index (χ3v) is 6.84. The van der Waals surface area contributed by atoms with Gasteiger partial charge in [0.15, 0.2) is 0 Å². The number of nitrogens with zero attached hydrogens (tertiary/aromatic N) is 2. The molecule has 0 bridgehead atoms. The van der Waals surface area contributed by atoms with Crippen LogP contribution in [0.5, 0.6) is 0 Å². The number of unbranched alkanes of at least 4 members (excludes halogenated alkanes) is 2. The maximum atomic E-state index is 13.2. The first-order chi connectivity index (χ1) is 16.9. The van der Waals surface area contributed by atoms with Crippen LogP contribution in [0.1, 0.15) is 42.4 Å². The van der Waals surface area contributed by atoms with E-state index >= 15 is 0 Å². The summed E-state index contributed by atoms with van der Waals surface area (Å²) in [5.41, 5.74) is 3.08. The number of benzene rings is 2. The Morgan fingerprint density at radius 3 is 2.54 bits per heavy atom. The van der Waals surface area contributed by atoms with E-state index in [0.29, 0.717) is 49.1 Å². The van der Waals surface area contributed by atoms with Gasteiger partial charge in [-0.25, -0.2) is 9.18 Å². The first-order valence-corrected chi connectivity index (χ1v) is 12.6. The third kappa shape index (κ3) is 6.14. The number of carbonyl (C=O) groups excluding carboxylic acids is 1. The Morgan fingerprint density at radius 1 is 0.971 bits per heavy atom. The summed E-state index contributed by atoms with van der Waals surface area (Å²) in [5.74, 6) is -0.383. The predicted molar refractivity (Wildman–Crippen MR) is 137 cm³/mol. The molecule has 35 heavy (non-hydrogen) atoms. The lowest BCUT2D eigenvalue weighted by molar-refractivity contribution is -0.121. The van der Waals surface area contributed by atoms with Gasteiger partial charge in [-0.2, -0.15) is 0 Å².